The maximum absolute atomic E-state index is 10.9. The normalized spacial score (nSPS) is 20.2. The maximum Gasteiger partial charge on any atom is 0.209 e. The smallest absolute Gasteiger partial charge is 0.209 e. The average Bonchev–Trinajstić information content (AvgIpc) is 3.07. The predicted octanol–water partition coefficient (Wildman–Crippen LogP) is 2.66. The molecule has 23 heavy (non-hydrogen) atoms. The monoisotopic (exact) mass is 312 g/mol. The van der Waals surface area contributed by atoms with Crippen LogP contribution in [-0.2, 0) is 4.79 Å². The lowest BCUT2D eigenvalue weighted by Gasteiger charge is -2.34. The molecule has 2 aliphatic rings. The summed E-state index contributed by atoms with van der Waals surface area (Å²) >= 11 is 0. The molecule has 1 amide bonds. The van der Waals surface area contributed by atoms with Crippen LogP contribution in [0, 0.1) is 0 Å². The van der Waals surface area contributed by atoms with E-state index in [1.165, 1.54) is 48.9 Å². The van der Waals surface area contributed by atoms with E-state index in [1.807, 2.05) is 15.6 Å². The molecule has 0 atom stereocenters. The number of piperazine rings is 1. The summed E-state index contributed by atoms with van der Waals surface area (Å²) in [6, 6.07) is 4.45. The Hall–Kier alpha value is -2.04. The van der Waals surface area contributed by atoms with Crippen LogP contribution in [0.1, 0.15) is 43.6 Å². The number of nitrogens with zero attached hydrogens (tertiary/aromatic N) is 4. The fourth-order valence-corrected chi connectivity index (χ4v) is 4.01. The molecule has 122 valence electrons. The zero-order valence-electron chi connectivity index (χ0n) is 13.5. The number of carbonyl (C=O) groups is 1. The summed E-state index contributed by atoms with van der Waals surface area (Å²) in [6.45, 7) is 3.38. The first kappa shape index (κ1) is 14.5. The number of amides is 1. The third kappa shape index (κ3) is 2.80. The Morgan fingerprint density at radius 2 is 1.87 bits per heavy atom. The highest BCUT2D eigenvalue weighted by Gasteiger charge is 2.21. The zero-order chi connectivity index (χ0) is 15.6. The summed E-state index contributed by atoms with van der Waals surface area (Å²) in [5.74, 6) is 0.699. The minimum Gasteiger partial charge on any atom is -0.366 e. The van der Waals surface area contributed by atoms with Gasteiger partial charge in [0.05, 0.1) is 11.2 Å². The Morgan fingerprint density at radius 1 is 1.09 bits per heavy atom. The second-order valence-electron chi connectivity index (χ2n) is 6.78. The summed E-state index contributed by atoms with van der Waals surface area (Å²) in [6.07, 6.45) is 11.8. The van der Waals surface area contributed by atoms with E-state index in [2.05, 4.69) is 28.3 Å². The number of aromatic nitrogens is 2. The maximum atomic E-state index is 10.9. The summed E-state index contributed by atoms with van der Waals surface area (Å²) < 4.78 is 2.03. The first-order valence-electron chi connectivity index (χ1n) is 8.77. The van der Waals surface area contributed by atoms with Gasteiger partial charge in [-0.3, -0.25) is 4.79 Å². The van der Waals surface area contributed by atoms with Gasteiger partial charge in [0.2, 0.25) is 6.41 Å². The van der Waals surface area contributed by atoms with Crippen molar-refractivity contribution in [2.75, 3.05) is 31.1 Å². The molecule has 0 bridgehead atoms. The fraction of sp³-hybridized carbons (Fsp3) is 0.556. The number of fused-ring (bicyclic) bond motifs is 1. The third-order valence-corrected chi connectivity index (χ3v) is 5.39. The first-order valence-corrected chi connectivity index (χ1v) is 8.77. The first-order chi connectivity index (χ1) is 11.3. The lowest BCUT2D eigenvalue weighted by atomic mass is 9.85. The Labute approximate surface area is 136 Å². The fourth-order valence-electron chi connectivity index (χ4n) is 4.01. The van der Waals surface area contributed by atoms with Gasteiger partial charge in [-0.2, -0.15) is 5.10 Å². The summed E-state index contributed by atoms with van der Waals surface area (Å²) in [5.41, 5.74) is 3.89. The van der Waals surface area contributed by atoms with Gasteiger partial charge >= 0.3 is 0 Å². The van der Waals surface area contributed by atoms with Crippen LogP contribution in [0.3, 0.4) is 0 Å². The largest absolute Gasteiger partial charge is 0.366 e. The number of hydrogen-bond acceptors (Lipinski definition) is 3. The number of carbonyl (C=O) groups excluding carboxylic acids is 1. The van der Waals surface area contributed by atoms with Crippen LogP contribution < -0.4 is 4.90 Å². The van der Waals surface area contributed by atoms with Crippen LogP contribution in [0.4, 0.5) is 5.69 Å². The molecule has 0 unspecified atom stereocenters. The van der Waals surface area contributed by atoms with E-state index in [-0.39, 0.29) is 0 Å². The molecule has 4 rings (SSSR count). The third-order valence-electron chi connectivity index (χ3n) is 5.39. The molecular formula is C18H24N4O. The van der Waals surface area contributed by atoms with E-state index in [0.717, 1.165) is 32.6 Å². The molecule has 0 aromatic carbocycles. The number of rotatable bonds is 3. The van der Waals surface area contributed by atoms with Gasteiger partial charge in [-0.15, -0.1) is 0 Å². The molecule has 5 nitrogen and oxygen atoms in total. The molecule has 2 aromatic heterocycles. The quantitative estimate of drug-likeness (QED) is 0.818. The van der Waals surface area contributed by atoms with Crippen molar-refractivity contribution >= 4 is 17.6 Å². The van der Waals surface area contributed by atoms with Crippen molar-refractivity contribution in [3.05, 3.63) is 30.1 Å². The van der Waals surface area contributed by atoms with Gasteiger partial charge < -0.3 is 9.80 Å². The molecule has 2 fully saturated rings. The van der Waals surface area contributed by atoms with Gasteiger partial charge in [-0.05, 0) is 36.5 Å². The summed E-state index contributed by atoms with van der Waals surface area (Å²) in [7, 11) is 0. The van der Waals surface area contributed by atoms with E-state index >= 15 is 0 Å². The van der Waals surface area contributed by atoms with E-state index in [1.54, 1.807) is 0 Å². The Morgan fingerprint density at radius 3 is 2.61 bits per heavy atom. The van der Waals surface area contributed by atoms with E-state index in [9.17, 15) is 4.79 Å². The molecule has 3 heterocycles. The molecule has 1 saturated carbocycles. The van der Waals surface area contributed by atoms with Gasteiger partial charge in [0.15, 0.2) is 0 Å². The Balaban J connectivity index is 1.62. The molecule has 0 radical (unpaired) electrons. The molecule has 1 saturated heterocycles. The van der Waals surface area contributed by atoms with Crippen molar-refractivity contribution in [3.8, 4) is 0 Å². The van der Waals surface area contributed by atoms with Crippen LogP contribution >= 0.6 is 0 Å². The van der Waals surface area contributed by atoms with Crippen molar-refractivity contribution in [3.63, 3.8) is 0 Å². The van der Waals surface area contributed by atoms with Crippen molar-refractivity contribution in [2.45, 2.75) is 38.0 Å². The minimum atomic E-state index is 0.699. The molecule has 1 aliphatic carbocycles. The molecule has 1 aliphatic heterocycles. The van der Waals surface area contributed by atoms with Gasteiger partial charge in [0, 0.05) is 38.6 Å². The number of hydrogen-bond donors (Lipinski definition) is 0. The van der Waals surface area contributed by atoms with Crippen LogP contribution in [0.15, 0.2) is 24.5 Å². The predicted molar refractivity (Wildman–Crippen MR) is 90.9 cm³/mol. The van der Waals surface area contributed by atoms with Gasteiger partial charge in [0.1, 0.15) is 0 Å². The van der Waals surface area contributed by atoms with Crippen molar-refractivity contribution < 1.29 is 4.79 Å². The topological polar surface area (TPSA) is 40.9 Å². The van der Waals surface area contributed by atoms with E-state index < -0.39 is 0 Å². The highest BCUT2D eigenvalue weighted by atomic mass is 16.1. The van der Waals surface area contributed by atoms with Crippen LogP contribution in [0.2, 0.25) is 0 Å². The highest BCUT2D eigenvalue weighted by molar-refractivity contribution is 5.74. The lowest BCUT2D eigenvalue weighted by molar-refractivity contribution is -0.118. The number of anilines is 1. The average molecular weight is 312 g/mol. The lowest BCUT2D eigenvalue weighted by Crippen LogP contribution is -2.45. The summed E-state index contributed by atoms with van der Waals surface area (Å²) in [5, 5.41) is 4.51. The van der Waals surface area contributed by atoms with E-state index in [4.69, 9.17) is 0 Å². The SMILES string of the molecule is O=CN1CCN(c2ccnn3cc(C4CCCCC4)cc23)CC1. The zero-order valence-corrected chi connectivity index (χ0v) is 13.5. The van der Waals surface area contributed by atoms with Gasteiger partial charge in [-0.1, -0.05) is 19.3 Å². The second kappa shape index (κ2) is 6.22. The van der Waals surface area contributed by atoms with E-state index in [0.29, 0.717) is 5.92 Å². The standard InChI is InChI=1S/C18H24N4O/c23-14-20-8-10-21(11-9-20)17-6-7-19-22-13-16(12-18(17)22)15-4-2-1-3-5-15/h6-7,12-15H,1-5,8-11H2. The van der Waals surface area contributed by atoms with Crippen LogP contribution in [0.25, 0.3) is 5.52 Å². The van der Waals surface area contributed by atoms with Crippen molar-refractivity contribution in [2.24, 2.45) is 0 Å². The van der Waals surface area contributed by atoms with Crippen LogP contribution in [0.5, 0.6) is 0 Å². The minimum absolute atomic E-state index is 0.699. The highest BCUT2D eigenvalue weighted by Crippen LogP contribution is 2.35. The molecule has 5 heteroatoms. The second-order valence-corrected chi connectivity index (χ2v) is 6.78. The van der Waals surface area contributed by atoms with Gasteiger partial charge in [0.25, 0.3) is 0 Å². The summed E-state index contributed by atoms with van der Waals surface area (Å²) in [4.78, 5) is 15.1. The Kier molecular flexibility index (Phi) is 3.93. The molecule has 2 aromatic rings. The van der Waals surface area contributed by atoms with Crippen molar-refractivity contribution in [1.29, 1.82) is 0 Å². The van der Waals surface area contributed by atoms with Crippen LogP contribution in [-0.4, -0.2) is 47.1 Å². The molecule has 0 spiro atoms. The molecular weight excluding hydrogens is 288 g/mol. The van der Waals surface area contributed by atoms with Gasteiger partial charge in [-0.25, -0.2) is 4.52 Å². The van der Waals surface area contributed by atoms with Crippen molar-refractivity contribution in [1.82, 2.24) is 14.5 Å². The molecule has 0 N–H and O–H groups in total. The Bertz CT molecular complexity index is 681.